The Morgan fingerprint density at radius 2 is 1.67 bits per heavy atom. The molecule has 10 heteroatoms. The second kappa shape index (κ2) is 10.9. The molecule has 0 aliphatic heterocycles. The first-order valence-electron chi connectivity index (χ1n) is 11.1. The normalized spacial score (nSPS) is 13.0. The number of hydrogen-bond acceptors (Lipinski definition) is 5. The standard InChI is InChI=1S/C26H22BrF2NO6/c1-2-34-21-12-14(11-20(27)23(21)36-25(28)29)22(24(31)32)30-26(33)35-13-19-17-9-5-3-7-15(17)16-8-4-6-10-18(16)19/h3-12,19,22,25H,2,13H2,1H3,(H,30,33)(H,31,32). The summed E-state index contributed by atoms with van der Waals surface area (Å²) in [5.41, 5.74) is 4.23. The Morgan fingerprint density at radius 1 is 1.06 bits per heavy atom. The zero-order valence-electron chi connectivity index (χ0n) is 19.0. The van der Waals surface area contributed by atoms with Gasteiger partial charge in [-0.2, -0.15) is 8.78 Å². The summed E-state index contributed by atoms with van der Waals surface area (Å²) in [6.07, 6.45) is -0.939. The first-order valence-corrected chi connectivity index (χ1v) is 11.8. The molecule has 1 atom stereocenters. The molecule has 36 heavy (non-hydrogen) atoms. The van der Waals surface area contributed by atoms with Gasteiger partial charge in [-0.3, -0.25) is 0 Å². The molecule has 1 aliphatic rings. The van der Waals surface area contributed by atoms with Crippen LogP contribution in [0.2, 0.25) is 0 Å². The number of carboxylic acid groups (broad SMARTS) is 1. The topological polar surface area (TPSA) is 94.1 Å². The number of carbonyl (C=O) groups excluding carboxylic acids is 1. The SMILES string of the molecule is CCOc1cc(C(NC(=O)OCC2c3ccccc3-c3ccccc32)C(=O)O)cc(Br)c1OC(F)F. The van der Waals surface area contributed by atoms with Gasteiger partial charge in [0, 0.05) is 5.92 Å². The summed E-state index contributed by atoms with van der Waals surface area (Å²) in [5.74, 6) is -1.94. The van der Waals surface area contributed by atoms with E-state index >= 15 is 0 Å². The van der Waals surface area contributed by atoms with Gasteiger partial charge in [0.1, 0.15) is 6.61 Å². The number of ether oxygens (including phenoxy) is 3. The number of carbonyl (C=O) groups is 2. The largest absolute Gasteiger partial charge is 0.490 e. The fourth-order valence-corrected chi connectivity index (χ4v) is 4.82. The van der Waals surface area contributed by atoms with Gasteiger partial charge in [-0.05, 0) is 62.8 Å². The van der Waals surface area contributed by atoms with Crippen LogP contribution in [0.5, 0.6) is 11.5 Å². The van der Waals surface area contributed by atoms with Crippen molar-refractivity contribution in [1.29, 1.82) is 0 Å². The number of aliphatic carboxylic acids is 1. The summed E-state index contributed by atoms with van der Waals surface area (Å²) < 4.78 is 41.0. The molecule has 3 aromatic carbocycles. The van der Waals surface area contributed by atoms with Crippen LogP contribution >= 0.6 is 15.9 Å². The number of fused-ring (bicyclic) bond motifs is 3. The van der Waals surface area contributed by atoms with Crippen molar-refractivity contribution in [3.63, 3.8) is 0 Å². The molecule has 7 nitrogen and oxygen atoms in total. The number of nitrogens with one attached hydrogen (secondary N) is 1. The van der Waals surface area contributed by atoms with E-state index in [0.717, 1.165) is 22.3 Å². The number of benzene rings is 3. The van der Waals surface area contributed by atoms with E-state index in [1.807, 2.05) is 48.5 Å². The summed E-state index contributed by atoms with van der Waals surface area (Å²) in [4.78, 5) is 24.6. The lowest BCUT2D eigenvalue weighted by molar-refractivity contribution is -0.139. The van der Waals surface area contributed by atoms with Gasteiger partial charge in [-0.15, -0.1) is 0 Å². The van der Waals surface area contributed by atoms with Crippen LogP contribution < -0.4 is 14.8 Å². The van der Waals surface area contributed by atoms with Crippen LogP contribution in [0.1, 0.15) is 35.6 Å². The van der Waals surface area contributed by atoms with E-state index in [1.165, 1.54) is 12.1 Å². The molecule has 4 rings (SSSR count). The maximum absolute atomic E-state index is 12.8. The van der Waals surface area contributed by atoms with E-state index in [0.29, 0.717) is 0 Å². The lowest BCUT2D eigenvalue weighted by atomic mass is 9.98. The fraction of sp³-hybridized carbons (Fsp3) is 0.231. The van der Waals surface area contributed by atoms with E-state index in [2.05, 4.69) is 26.0 Å². The number of alkyl halides is 2. The van der Waals surface area contributed by atoms with E-state index in [4.69, 9.17) is 9.47 Å². The maximum Gasteiger partial charge on any atom is 0.408 e. The van der Waals surface area contributed by atoms with Crippen molar-refractivity contribution >= 4 is 28.0 Å². The molecule has 2 N–H and O–H groups in total. The van der Waals surface area contributed by atoms with Crippen molar-refractivity contribution in [2.24, 2.45) is 0 Å². The molecule has 1 aliphatic carbocycles. The van der Waals surface area contributed by atoms with Gasteiger partial charge in [0.15, 0.2) is 17.5 Å². The molecule has 0 spiro atoms. The fourth-order valence-electron chi connectivity index (χ4n) is 4.27. The Bertz CT molecular complexity index is 1240. The Kier molecular flexibility index (Phi) is 7.73. The molecule has 0 bridgehead atoms. The van der Waals surface area contributed by atoms with E-state index < -0.39 is 24.7 Å². The summed E-state index contributed by atoms with van der Waals surface area (Å²) in [6.45, 7) is -1.36. The van der Waals surface area contributed by atoms with Crippen LogP contribution in [0, 0.1) is 0 Å². The quantitative estimate of drug-likeness (QED) is 0.327. The smallest absolute Gasteiger partial charge is 0.408 e. The molecule has 188 valence electrons. The number of hydrogen-bond donors (Lipinski definition) is 2. The van der Waals surface area contributed by atoms with Crippen molar-refractivity contribution in [2.75, 3.05) is 13.2 Å². The maximum atomic E-state index is 12.8. The van der Waals surface area contributed by atoms with Gasteiger partial charge in [-0.1, -0.05) is 48.5 Å². The second-order valence-electron chi connectivity index (χ2n) is 7.88. The highest BCUT2D eigenvalue weighted by Crippen LogP contribution is 2.44. The number of amides is 1. The number of carboxylic acids is 1. The first-order chi connectivity index (χ1) is 17.3. The van der Waals surface area contributed by atoms with Crippen molar-refractivity contribution in [3.05, 3.63) is 81.8 Å². The number of rotatable bonds is 9. The highest BCUT2D eigenvalue weighted by Gasteiger charge is 2.31. The first kappa shape index (κ1) is 25.4. The van der Waals surface area contributed by atoms with Gasteiger partial charge in [0.25, 0.3) is 0 Å². The highest BCUT2D eigenvalue weighted by molar-refractivity contribution is 9.10. The second-order valence-corrected chi connectivity index (χ2v) is 8.74. The average Bonchev–Trinajstić information content (AvgIpc) is 3.16. The third-order valence-corrected chi connectivity index (χ3v) is 6.31. The van der Waals surface area contributed by atoms with E-state index in [-0.39, 0.29) is 40.7 Å². The van der Waals surface area contributed by atoms with Crippen molar-refractivity contribution in [3.8, 4) is 22.6 Å². The molecule has 0 aromatic heterocycles. The Balaban J connectivity index is 1.52. The number of alkyl carbamates (subject to hydrolysis) is 1. The Labute approximate surface area is 214 Å². The van der Waals surface area contributed by atoms with E-state index in [1.54, 1.807) is 6.92 Å². The summed E-state index contributed by atoms with van der Waals surface area (Å²) in [5, 5.41) is 12.1. The summed E-state index contributed by atoms with van der Waals surface area (Å²) in [7, 11) is 0. The van der Waals surface area contributed by atoms with Gasteiger partial charge >= 0.3 is 18.7 Å². The molecule has 3 aromatic rings. The Morgan fingerprint density at radius 3 is 2.22 bits per heavy atom. The van der Waals surface area contributed by atoms with Crippen LogP contribution in [0.3, 0.4) is 0 Å². The van der Waals surface area contributed by atoms with Crippen molar-refractivity contribution in [1.82, 2.24) is 5.32 Å². The van der Waals surface area contributed by atoms with Crippen LogP contribution in [0.15, 0.2) is 65.1 Å². The van der Waals surface area contributed by atoms with Crippen LogP contribution in [0.25, 0.3) is 11.1 Å². The molecular formula is C26H22BrF2NO6. The molecule has 0 heterocycles. The van der Waals surface area contributed by atoms with Gasteiger partial charge in [-0.25, -0.2) is 9.59 Å². The minimum atomic E-state index is -3.11. The van der Waals surface area contributed by atoms with Gasteiger partial charge < -0.3 is 24.6 Å². The molecule has 0 fully saturated rings. The molecular weight excluding hydrogens is 540 g/mol. The molecule has 0 saturated heterocycles. The third kappa shape index (κ3) is 5.28. The number of halogens is 3. The molecule has 1 unspecified atom stereocenters. The molecule has 1 amide bonds. The molecule has 0 saturated carbocycles. The average molecular weight is 562 g/mol. The summed E-state index contributed by atoms with van der Waals surface area (Å²) in [6, 6.07) is 16.6. The van der Waals surface area contributed by atoms with Crippen LogP contribution in [0.4, 0.5) is 13.6 Å². The Hall–Kier alpha value is -3.66. The highest BCUT2D eigenvalue weighted by atomic mass is 79.9. The van der Waals surface area contributed by atoms with Crippen molar-refractivity contribution < 1.29 is 37.7 Å². The molecule has 0 radical (unpaired) electrons. The summed E-state index contributed by atoms with van der Waals surface area (Å²) >= 11 is 3.11. The third-order valence-electron chi connectivity index (χ3n) is 5.72. The zero-order valence-corrected chi connectivity index (χ0v) is 20.6. The minimum Gasteiger partial charge on any atom is -0.490 e. The predicted octanol–water partition coefficient (Wildman–Crippen LogP) is 6.11. The predicted molar refractivity (Wildman–Crippen MR) is 131 cm³/mol. The monoisotopic (exact) mass is 561 g/mol. The lowest BCUT2D eigenvalue weighted by Crippen LogP contribution is -2.35. The van der Waals surface area contributed by atoms with Gasteiger partial charge in [0.2, 0.25) is 0 Å². The zero-order chi connectivity index (χ0) is 25.8. The minimum absolute atomic E-state index is 0.00125. The van der Waals surface area contributed by atoms with Gasteiger partial charge in [0.05, 0.1) is 11.1 Å². The van der Waals surface area contributed by atoms with Crippen LogP contribution in [-0.4, -0.2) is 37.0 Å². The van der Waals surface area contributed by atoms with E-state index in [9.17, 15) is 23.5 Å². The lowest BCUT2D eigenvalue weighted by Gasteiger charge is -2.20. The van der Waals surface area contributed by atoms with Crippen molar-refractivity contribution in [2.45, 2.75) is 25.5 Å². The van der Waals surface area contributed by atoms with Crippen LogP contribution in [-0.2, 0) is 9.53 Å².